The van der Waals surface area contributed by atoms with Gasteiger partial charge in [-0.3, -0.25) is 10.1 Å². The van der Waals surface area contributed by atoms with E-state index >= 15 is 0 Å². The molecule has 0 atom stereocenters. The molecule has 0 spiro atoms. The number of nitrogens with zero attached hydrogens (tertiary/aromatic N) is 2. The molecular formula is C13H8Cl2N2O5. The average Bonchev–Trinajstić information content (AvgIpc) is 2.49. The molecule has 114 valence electrons. The number of esters is 1. The summed E-state index contributed by atoms with van der Waals surface area (Å²) in [4.78, 5) is 25.5. The molecule has 0 aliphatic carbocycles. The summed E-state index contributed by atoms with van der Waals surface area (Å²) in [6.07, 6.45) is 1.11. The van der Waals surface area contributed by atoms with Gasteiger partial charge in [0.15, 0.2) is 0 Å². The van der Waals surface area contributed by atoms with Crippen molar-refractivity contribution in [2.75, 3.05) is 7.11 Å². The minimum Gasteiger partial charge on any atom is -0.465 e. The second-order valence-corrected chi connectivity index (χ2v) is 4.82. The molecule has 0 bridgehead atoms. The molecule has 0 aliphatic heterocycles. The molecule has 1 aromatic carbocycles. The lowest BCUT2D eigenvalue weighted by atomic mass is 10.2. The number of benzene rings is 1. The van der Waals surface area contributed by atoms with Crippen molar-refractivity contribution in [1.29, 1.82) is 0 Å². The molecular weight excluding hydrogens is 335 g/mol. The topological polar surface area (TPSA) is 91.6 Å². The van der Waals surface area contributed by atoms with E-state index < -0.39 is 16.6 Å². The van der Waals surface area contributed by atoms with E-state index in [9.17, 15) is 14.9 Å². The highest BCUT2D eigenvalue weighted by atomic mass is 35.5. The van der Waals surface area contributed by atoms with Crippen molar-refractivity contribution in [3.8, 4) is 11.6 Å². The zero-order valence-corrected chi connectivity index (χ0v) is 12.6. The molecule has 0 N–H and O–H groups in total. The summed E-state index contributed by atoms with van der Waals surface area (Å²) in [5, 5.41) is 11.7. The molecule has 0 saturated heterocycles. The van der Waals surface area contributed by atoms with Crippen molar-refractivity contribution in [2.45, 2.75) is 0 Å². The lowest BCUT2D eigenvalue weighted by Gasteiger charge is -2.08. The zero-order chi connectivity index (χ0) is 16.3. The van der Waals surface area contributed by atoms with Gasteiger partial charge in [0, 0.05) is 17.3 Å². The van der Waals surface area contributed by atoms with Crippen molar-refractivity contribution in [3.05, 3.63) is 56.2 Å². The second-order valence-electron chi connectivity index (χ2n) is 3.97. The van der Waals surface area contributed by atoms with Crippen LogP contribution in [0.15, 0.2) is 30.5 Å². The van der Waals surface area contributed by atoms with Gasteiger partial charge in [0.25, 0.3) is 5.88 Å². The van der Waals surface area contributed by atoms with Crippen LogP contribution in [0.4, 0.5) is 5.69 Å². The van der Waals surface area contributed by atoms with Gasteiger partial charge in [0.2, 0.25) is 0 Å². The number of ether oxygens (including phenoxy) is 2. The van der Waals surface area contributed by atoms with E-state index in [0.29, 0.717) is 5.02 Å². The number of rotatable bonds is 4. The Morgan fingerprint density at radius 3 is 2.64 bits per heavy atom. The van der Waals surface area contributed by atoms with E-state index in [1.54, 1.807) is 0 Å². The van der Waals surface area contributed by atoms with Crippen molar-refractivity contribution < 1.29 is 19.2 Å². The third-order valence-electron chi connectivity index (χ3n) is 2.55. The maximum atomic E-state index is 11.4. The first-order valence-corrected chi connectivity index (χ1v) is 6.53. The van der Waals surface area contributed by atoms with Crippen LogP contribution >= 0.6 is 23.2 Å². The first-order valence-electron chi connectivity index (χ1n) is 5.78. The van der Waals surface area contributed by atoms with Crippen LogP contribution in [0.25, 0.3) is 0 Å². The van der Waals surface area contributed by atoms with E-state index in [-0.39, 0.29) is 22.2 Å². The largest absolute Gasteiger partial charge is 0.465 e. The Morgan fingerprint density at radius 2 is 2.05 bits per heavy atom. The number of carbonyl (C=O) groups is 1. The Morgan fingerprint density at radius 1 is 1.32 bits per heavy atom. The Hall–Kier alpha value is -2.38. The van der Waals surface area contributed by atoms with E-state index in [1.165, 1.54) is 18.2 Å². The summed E-state index contributed by atoms with van der Waals surface area (Å²) in [5.41, 5.74) is -0.558. The summed E-state index contributed by atoms with van der Waals surface area (Å²) in [6.45, 7) is 0. The first-order chi connectivity index (χ1) is 10.4. The van der Waals surface area contributed by atoms with Crippen LogP contribution in [0.2, 0.25) is 10.0 Å². The molecule has 1 heterocycles. The normalized spacial score (nSPS) is 10.1. The van der Waals surface area contributed by atoms with Crippen molar-refractivity contribution in [2.24, 2.45) is 0 Å². The van der Waals surface area contributed by atoms with Gasteiger partial charge in [-0.05, 0) is 18.2 Å². The van der Waals surface area contributed by atoms with Crippen LogP contribution < -0.4 is 4.74 Å². The second kappa shape index (κ2) is 6.59. The number of methoxy groups -OCH3 is 1. The minimum atomic E-state index is -0.744. The van der Waals surface area contributed by atoms with Gasteiger partial charge in [-0.1, -0.05) is 23.2 Å². The standard InChI is InChI=1S/C13H8Cl2N2O5/c1-21-13(18)7-4-10(17(19)20)12(16-6-7)22-11-3-2-8(14)5-9(11)15/h2-6H,1H3. The van der Waals surface area contributed by atoms with E-state index in [0.717, 1.165) is 19.4 Å². The van der Waals surface area contributed by atoms with Crippen molar-refractivity contribution in [3.63, 3.8) is 0 Å². The van der Waals surface area contributed by atoms with Gasteiger partial charge in [0.1, 0.15) is 5.75 Å². The predicted molar refractivity (Wildman–Crippen MR) is 78.8 cm³/mol. The number of hydrogen-bond donors (Lipinski definition) is 0. The molecule has 0 saturated carbocycles. The Bertz CT molecular complexity index is 751. The van der Waals surface area contributed by atoms with Crippen LogP contribution in [0.5, 0.6) is 11.6 Å². The molecule has 0 fully saturated rings. The summed E-state index contributed by atoms with van der Waals surface area (Å²) in [6, 6.07) is 5.40. The van der Waals surface area contributed by atoms with Gasteiger partial charge in [0.05, 0.1) is 22.6 Å². The third kappa shape index (κ3) is 3.44. The molecule has 0 unspecified atom stereocenters. The number of hydrogen-bond acceptors (Lipinski definition) is 6. The Kier molecular flexibility index (Phi) is 4.79. The van der Waals surface area contributed by atoms with Gasteiger partial charge >= 0.3 is 11.7 Å². The van der Waals surface area contributed by atoms with Gasteiger partial charge in [-0.25, -0.2) is 9.78 Å². The van der Waals surface area contributed by atoms with Crippen LogP contribution in [0.3, 0.4) is 0 Å². The summed E-state index contributed by atoms with van der Waals surface area (Å²) >= 11 is 11.7. The lowest BCUT2D eigenvalue weighted by Crippen LogP contribution is -2.04. The number of aromatic nitrogens is 1. The first kappa shape index (κ1) is 16.0. The quantitative estimate of drug-likeness (QED) is 0.475. The highest BCUT2D eigenvalue weighted by molar-refractivity contribution is 6.35. The molecule has 0 radical (unpaired) electrons. The zero-order valence-electron chi connectivity index (χ0n) is 11.1. The highest BCUT2D eigenvalue weighted by Crippen LogP contribution is 2.35. The van der Waals surface area contributed by atoms with Gasteiger partial charge < -0.3 is 9.47 Å². The highest BCUT2D eigenvalue weighted by Gasteiger charge is 2.22. The van der Waals surface area contributed by atoms with Crippen molar-refractivity contribution >= 4 is 34.9 Å². The number of halogens is 2. The fourth-order valence-corrected chi connectivity index (χ4v) is 1.99. The summed E-state index contributed by atoms with van der Waals surface area (Å²) in [7, 11) is 1.16. The van der Waals surface area contributed by atoms with Gasteiger partial charge in [-0.15, -0.1) is 0 Å². The van der Waals surface area contributed by atoms with Crippen molar-refractivity contribution in [1.82, 2.24) is 4.98 Å². The summed E-state index contributed by atoms with van der Waals surface area (Å²) in [5.74, 6) is -0.902. The fourth-order valence-electron chi connectivity index (χ4n) is 1.54. The van der Waals surface area contributed by atoms with Crippen LogP contribution in [-0.4, -0.2) is 23.0 Å². The number of pyridine rings is 1. The molecule has 22 heavy (non-hydrogen) atoms. The average molecular weight is 343 g/mol. The molecule has 0 amide bonds. The Labute approximate surface area is 134 Å². The van der Waals surface area contributed by atoms with E-state index in [1.807, 2.05) is 0 Å². The molecule has 1 aromatic heterocycles. The van der Waals surface area contributed by atoms with Crippen LogP contribution in [-0.2, 0) is 4.74 Å². The number of carbonyl (C=O) groups excluding carboxylic acids is 1. The maximum absolute atomic E-state index is 11.4. The molecule has 9 heteroatoms. The molecule has 2 aromatic rings. The van der Waals surface area contributed by atoms with E-state index in [4.69, 9.17) is 27.9 Å². The van der Waals surface area contributed by atoms with Crippen LogP contribution in [0, 0.1) is 10.1 Å². The summed E-state index contributed by atoms with van der Waals surface area (Å²) < 4.78 is 9.81. The molecule has 7 nitrogen and oxygen atoms in total. The fraction of sp³-hybridized carbons (Fsp3) is 0.0769. The smallest absolute Gasteiger partial charge is 0.339 e. The maximum Gasteiger partial charge on any atom is 0.339 e. The predicted octanol–water partition coefficient (Wildman–Crippen LogP) is 3.88. The lowest BCUT2D eigenvalue weighted by molar-refractivity contribution is -0.386. The minimum absolute atomic E-state index is 0.0660. The SMILES string of the molecule is COC(=O)c1cnc(Oc2ccc(Cl)cc2Cl)c([N+](=O)[O-])c1. The molecule has 2 rings (SSSR count). The Balaban J connectivity index is 2.42. The monoisotopic (exact) mass is 342 g/mol. The number of nitro groups is 1. The van der Waals surface area contributed by atoms with Gasteiger partial charge in [-0.2, -0.15) is 0 Å². The van der Waals surface area contributed by atoms with Crippen LogP contribution in [0.1, 0.15) is 10.4 Å². The van der Waals surface area contributed by atoms with E-state index in [2.05, 4.69) is 9.72 Å². The third-order valence-corrected chi connectivity index (χ3v) is 3.08. The molecule has 0 aliphatic rings.